The van der Waals surface area contributed by atoms with Crippen molar-refractivity contribution in [1.29, 1.82) is 0 Å². The van der Waals surface area contributed by atoms with E-state index in [1.165, 1.54) is 6.20 Å². The average Bonchev–Trinajstić information content (AvgIpc) is 2.87. The van der Waals surface area contributed by atoms with Crippen LogP contribution in [0.2, 0.25) is 0 Å². The zero-order valence-corrected chi connectivity index (χ0v) is 10.2. The van der Waals surface area contributed by atoms with E-state index in [0.29, 0.717) is 5.56 Å². The first-order chi connectivity index (χ1) is 9.16. The Morgan fingerprint density at radius 2 is 2.16 bits per heavy atom. The number of hydrogen-bond acceptors (Lipinski definition) is 5. The molecule has 3 aromatic heterocycles. The zero-order valence-electron chi connectivity index (χ0n) is 10.2. The van der Waals surface area contributed by atoms with Gasteiger partial charge in [-0.2, -0.15) is 0 Å². The number of nitrogens with one attached hydrogen (secondary N) is 1. The molecule has 0 fully saturated rings. The fourth-order valence-corrected chi connectivity index (χ4v) is 1.34. The Bertz CT molecular complexity index is 679. The van der Waals surface area contributed by atoms with Crippen LogP contribution in [0.3, 0.4) is 0 Å². The highest BCUT2D eigenvalue weighted by atomic mass is 16.1. The lowest BCUT2D eigenvalue weighted by molar-refractivity contribution is 0.1000. The lowest BCUT2D eigenvalue weighted by Crippen LogP contribution is -2.10. The quantitative estimate of drug-likeness (QED) is 0.670. The third-order valence-electron chi connectivity index (χ3n) is 2.24. The summed E-state index contributed by atoms with van der Waals surface area (Å²) in [6, 6.07) is 3.29. The number of H-pyrrole nitrogens is 1. The molecule has 1 amide bonds. The van der Waals surface area contributed by atoms with Crippen molar-refractivity contribution < 1.29 is 4.79 Å². The first-order valence-corrected chi connectivity index (χ1v) is 5.49. The van der Waals surface area contributed by atoms with E-state index in [1.54, 1.807) is 30.9 Å². The highest BCUT2D eigenvalue weighted by Gasteiger charge is 1.95. The van der Waals surface area contributed by atoms with Crippen molar-refractivity contribution in [2.75, 3.05) is 0 Å². The standard InChI is InChI=1S/C6H6N4.C6H6N2O/c1-4-7-2-5-6(10-4)9-3-8-5;7-6(9)5-2-1-3-8-4-5/h2-3H,1H3,(H,7,8,9,10);1-4H,(H2,7,9). The number of fused-ring (bicyclic) bond motifs is 1. The van der Waals surface area contributed by atoms with Gasteiger partial charge in [-0.3, -0.25) is 9.78 Å². The number of primary amides is 1. The molecular weight excluding hydrogens is 244 g/mol. The van der Waals surface area contributed by atoms with Crippen LogP contribution in [-0.4, -0.2) is 30.8 Å². The van der Waals surface area contributed by atoms with Crippen molar-refractivity contribution in [3.63, 3.8) is 0 Å². The summed E-state index contributed by atoms with van der Waals surface area (Å²) in [7, 11) is 0. The second-order valence-corrected chi connectivity index (χ2v) is 3.66. The van der Waals surface area contributed by atoms with Gasteiger partial charge in [0.25, 0.3) is 0 Å². The number of nitrogens with zero attached hydrogens (tertiary/aromatic N) is 4. The molecule has 0 spiro atoms. The largest absolute Gasteiger partial charge is 0.366 e. The SMILES string of the molecule is Cc1ncc2nc[nH]c2n1.NC(=O)c1cccnc1. The molecule has 0 saturated heterocycles. The zero-order chi connectivity index (χ0) is 13.7. The van der Waals surface area contributed by atoms with Crippen LogP contribution in [0.4, 0.5) is 0 Å². The van der Waals surface area contributed by atoms with E-state index in [1.807, 2.05) is 6.92 Å². The van der Waals surface area contributed by atoms with Gasteiger partial charge in [0, 0.05) is 12.4 Å². The average molecular weight is 256 g/mol. The Kier molecular flexibility index (Phi) is 3.77. The van der Waals surface area contributed by atoms with E-state index < -0.39 is 5.91 Å². The second-order valence-electron chi connectivity index (χ2n) is 3.66. The lowest BCUT2D eigenvalue weighted by Gasteiger charge is -1.88. The lowest BCUT2D eigenvalue weighted by atomic mass is 10.3. The minimum absolute atomic E-state index is 0.442. The molecule has 0 atom stereocenters. The summed E-state index contributed by atoms with van der Waals surface area (Å²) in [5.74, 6) is 0.319. The van der Waals surface area contributed by atoms with Gasteiger partial charge in [-0.05, 0) is 19.1 Å². The van der Waals surface area contributed by atoms with Gasteiger partial charge in [0.15, 0.2) is 5.65 Å². The van der Waals surface area contributed by atoms with Crippen LogP contribution >= 0.6 is 0 Å². The number of nitrogens with two attached hydrogens (primary N) is 1. The van der Waals surface area contributed by atoms with Crippen LogP contribution in [0.5, 0.6) is 0 Å². The number of carbonyl (C=O) groups is 1. The number of rotatable bonds is 1. The van der Waals surface area contributed by atoms with Gasteiger partial charge in [-0.25, -0.2) is 15.0 Å². The highest BCUT2D eigenvalue weighted by molar-refractivity contribution is 5.92. The molecule has 7 heteroatoms. The first kappa shape index (κ1) is 12.6. The summed E-state index contributed by atoms with van der Waals surface area (Å²) in [6.07, 6.45) is 6.34. The monoisotopic (exact) mass is 256 g/mol. The molecule has 0 saturated carbocycles. The van der Waals surface area contributed by atoms with E-state index in [0.717, 1.165) is 17.0 Å². The summed E-state index contributed by atoms with van der Waals surface area (Å²) >= 11 is 0. The number of aryl methyl sites for hydroxylation is 1. The smallest absolute Gasteiger partial charge is 0.250 e. The number of pyridine rings is 1. The molecule has 0 radical (unpaired) electrons. The summed E-state index contributed by atoms with van der Waals surface area (Å²) in [5, 5.41) is 0. The van der Waals surface area contributed by atoms with Gasteiger partial charge < -0.3 is 10.7 Å². The maximum atomic E-state index is 10.4. The summed E-state index contributed by atoms with van der Waals surface area (Å²) in [4.78, 5) is 29.1. The Labute approximate surface area is 108 Å². The topological polar surface area (TPSA) is 110 Å². The molecule has 19 heavy (non-hydrogen) atoms. The van der Waals surface area contributed by atoms with Crippen LogP contribution in [0, 0.1) is 6.92 Å². The van der Waals surface area contributed by atoms with Gasteiger partial charge in [0.1, 0.15) is 11.3 Å². The van der Waals surface area contributed by atoms with E-state index >= 15 is 0 Å². The van der Waals surface area contributed by atoms with Gasteiger partial charge in [-0.1, -0.05) is 0 Å². The molecule has 0 aliphatic heterocycles. The van der Waals surface area contributed by atoms with Crippen molar-refractivity contribution in [3.8, 4) is 0 Å². The van der Waals surface area contributed by atoms with Crippen molar-refractivity contribution in [2.24, 2.45) is 5.73 Å². The van der Waals surface area contributed by atoms with Crippen LogP contribution in [0.1, 0.15) is 16.2 Å². The maximum Gasteiger partial charge on any atom is 0.250 e. The predicted molar refractivity (Wildman–Crippen MR) is 69.2 cm³/mol. The molecular formula is C12H12N6O. The minimum Gasteiger partial charge on any atom is -0.366 e. The highest BCUT2D eigenvalue weighted by Crippen LogP contribution is 2.02. The fourth-order valence-electron chi connectivity index (χ4n) is 1.34. The molecule has 96 valence electrons. The third kappa shape index (κ3) is 3.32. The number of amides is 1. The Morgan fingerprint density at radius 1 is 1.32 bits per heavy atom. The van der Waals surface area contributed by atoms with E-state index in [-0.39, 0.29) is 0 Å². The van der Waals surface area contributed by atoms with Gasteiger partial charge in [-0.15, -0.1) is 0 Å². The molecule has 3 aromatic rings. The summed E-state index contributed by atoms with van der Waals surface area (Å²) in [6.45, 7) is 1.85. The number of aromatic nitrogens is 5. The third-order valence-corrected chi connectivity index (χ3v) is 2.24. The van der Waals surface area contributed by atoms with Crippen molar-refractivity contribution in [3.05, 3.63) is 48.4 Å². The predicted octanol–water partition coefficient (Wildman–Crippen LogP) is 0.842. The minimum atomic E-state index is -0.442. The van der Waals surface area contributed by atoms with E-state index in [2.05, 4.69) is 24.9 Å². The molecule has 0 aliphatic rings. The molecule has 0 unspecified atom stereocenters. The van der Waals surface area contributed by atoms with Crippen LogP contribution < -0.4 is 5.73 Å². The molecule has 0 aromatic carbocycles. The second kappa shape index (κ2) is 5.67. The summed E-state index contributed by atoms with van der Waals surface area (Å²) in [5.41, 5.74) is 6.99. The van der Waals surface area contributed by atoms with E-state index in [9.17, 15) is 4.79 Å². The van der Waals surface area contributed by atoms with Crippen molar-refractivity contribution >= 4 is 17.1 Å². The van der Waals surface area contributed by atoms with Crippen LogP contribution in [0.25, 0.3) is 11.2 Å². The van der Waals surface area contributed by atoms with Gasteiger partial charge in [0.2, 0.25) is 5.91 Å². The normalized spacial score (nSPS) is 9.74. The Morgan fingerprint density at radius 3 is 2.79 bits per heavy atom. The number of imidazole rings is 1. The number of carbonyl (C=O) groups excluding carboxylic acids is 1. The molecule has 0 aliphatic carbocycles. The maximum absolute atomic E-state index is 10.4. The molecule has 3 rings (SSSR count). The van der Waals surface area contributed by atoms with Crippen LogP contribution in [-0.2, 0) is 0 Å². The van der Waals surface area contributed by atoms with Crippen LogP contribution in [0.15, 0.2) is 37.1 Å². The fraction of sp³-hybridized carbons (Fsp3) is 0.0833. The molecule has 3 N–H and O–H groups in total. The number of hydrogen-bond donors (Lipinski definition) is 2. The van der Waals surface area contributed by atoms with Crippen molar-refractivity contribution in [2.45, 2.75) is 6.92 Å². The number of aromatic amines is 1. The Hall–Kier alpha value is -2.83. The van der Waals surface area contributed by atoms with E-state index in [4.69, 9.17) is 5.73 Å². The Balaban J connectivity index is 0.000000141. The van der Waals surface area contributed by atoms with Crippen molar-refractivity contribution in [1.82, 2.24) is 24.9 Å². The van der Waals surface area contributed by atoms with Gasteiger partial charge in [0.05, 0.1) is 18.1 Å². The van der Waals surface area contributed by atoms with Gasteiger partial charge >= 0.3 is 0 Å². The summed E-state index contributed by atoms with van der Waals surface area (Å²) < 4.78 is 0. The molecule has 0 bridgehead atoms. The molecule has 3 heterocycles. The first-order valence-electron chi connectivity index (χ1n) is 5.49. The molecule has 7 nitrogen and oxygen atoms in total.